The number of hydrogen-bond donors (Lipinski definition) is 0. The molecule has 2 aliphatic rings. The molecule has 7 nitrogen and oxygen atoms in total. The molecule has 0 N–H and O–H groups in total. The van der Waals surface area contributed by atoms with Gasteiger partial charge in [-0.2, -0.15) is 13.2 Å². The van der Waals surface area contributed by atoms with Gasteiger partial charge in [0.1, 0.15) is 28.8 Å². The van der Waals surface area contributed by atoms with E-state index < -0.39 is 11.7 Å². The zero-order valence-corrected chi connectivity index (χ0v) is 20.2. The minimum absolute atomic E-state index is 0.0764. The van der Waals surface area contributed by atoms with Crippen molar-refractivity contribution >= 4 is 17.4 Å². The van der Waals surface area contributed by atoms with E-state index in [1.165, 1.54) is 20.3 Å². The lowest BCUT2D eigenvalue weighted by Gasteiger charge is -2.36. The lowest BCUT2D eigenvalue weighted by atomic mass is 10.1. The van der Waals surface area contributed by atoms with Crippen LogP contribution < -0.4 is 14.2 Å². The molecule has 37 heavy (non-hydrogen) atoms. The SMILES string of the molecule is COc1ccc2c(c1)C(N1CCN(C(=O)c3ccccc3OC)CC1)=Nc1cc(C(F)(F)F)ccc1O2. The summed E-state index contributed by atoms with van der Waals surface area (Å²) in [6, 6.07) is 15.5. The van der Waals surface area contributed by atoms with Gasteiger partial charge in [0, 0.05) is 26.2 Å². The fraction of sp³-hybridized carbons (Fsp3) is 0.259. The molecule has 0 aromatic heterocycles. The van der Waals surface area contributed by atoms with E-state index >= 15 is 0 Å². The Labute approximate surface area is 211 Å². The van der Waals surface area contributed by atoms with Gasteiger partial charge in [-0.3, -0.25) is 4.79 Å². The van der Waals surface area contributed by atoms with Crippen LogP contribution in [-0.2, 0) is 6.18 Å². The number of halogens is 3. The zero-order valence-electron chi connectivity index (χ0n) is 20.2. The van der Waals surface area contributed by atoms with Crippen LogP contribution in [0.1, 0.15) is 21.5 Å². The molecular weight excluding hydrogens is 487 g/mol. The van der Waals surface area contributed by atoms with Gasteiger partial charge in [-0.15, -0.1) is 0 Å². The van der Waals surface area contributed by atoms with Gasteiger partial charge in [-0.05, 0) is 48.5 Å². The molecule has 3 aromatic rings. The Morgan fingerprint density at radius 1 is 0.919 bits per heavy atom. The van der Waals surface area contributed by atoms with Gasteiger partial charge < -0.3 is 24.0 Å². The third-order valence-electron chi connectivity index (χ3n) is 6.36. The van der Waals surface area contributed by atoms with Crippen LogP contribution in [0.4, 0.5) is 18.9 Å². The molecule has 2 heterocycles. The molecule has 0 bridgehead atoms. The van der Waals surface area contributed by atoms with Crippen LogP contribution in [0.5, 0.6) is 23.0 Å². The average molecular weight is 512 g/mol. The Bertz CT molecular complexity index is 1370. The van der Waals surface area contributed by atoms with Crippen molar-refractivity contribution < 1.29 is 32.2 Å². The van der Waals surface area contributed by atoms with Crippen molar-refractivity contribution in [2.24, 2.45) is 4.99 Å². The average Bonchev–Trinajstić information content (AvgIpc) is 3.08. The summed E-state index contributed by atoms with van der Waals surface area (Å²) < 4.78 is 57.0. The third-order valence-corrected chi connectivity index (χ3v) is 6.36. The second kappa shape index (κ2) is 9.68. The number of alkyl halides is 3. The quantitative estimate of drug-likeness (QED) is 0.474. The highest BCUT2D eigenvalue weighted by Crippen LogP contribution is 2.42. The maximum atomic E-state index is 13.4. The molecule has 10 heteroatoms. The molecule has 0 saturated carbocycles. The monoisotopic (exact) mass is 511 g/mol. The molecule has 0 aliphatic carbocycles. The molecule has 3 aromatic carbocycles. The molecule has 5 rings (SSSR count). The summed E-state index contributed by atoms with van der Waals surface area (Å²) in [6.07, 6.45) is -4.52. The Morgan fingerprint density at radius 2 is 1.65 bits per heavy atom. The Kier molecular flexibility index (Phi) is 6.41. The van der Waals surface area contributed by atoms with Crippen LogP contribution in [0.15, 0.2) is 65.7 Å². The number of nitrogens with zero attached hydrogens (tertiary/aromatic N) is 3. The second-order valence-electron chi connectivity index (χ2n) is 8.56. The summed E-state index contributed by atoms with van der Waals surface area (Å²) in [7, 11) is 3.05. The van der Waals surface area contributed by atoms with Crippen molar-refractivity contribution in [3.63, 3.8) is 0 Å². The van der Waals surface area contributed by atoms with Gasteiger partial charge in [0.25, 0.3) is 5.91 Å². The number of amidine groups is 1. The number of ether oxygens (including phenoxy) is 3. The van der Waals surface area contributed by atoms with Gasteiger partial charge in [-0.1, -0.05) is 12.1 Å². The number of hydrogen-bond acceptors (Lipinski definition) is 6. The topological polar surface area (TPSA) is 63.6 Å². The Balaban J connectivity index is 1.47. The van der Waals surface area contributed by atoms with Crippen LogP contribution in [0, 0.1) is 0 Å². The van der Waals surface area contributed by atoms with Crippen molar-refractivity contribution in [1.82, 2.24) is 9.80 Å². The van der Waals surface area contributed by atoms with E-state index in [-0.39, 0.29) is 17.3 Å². The van der Waals surface area contributed by atoms with Crippen molar-refractivity contribution in [2.75, 3.05) is 40.4 Å². The van der Waals surface area contributed by atoms with E-state index in [0.717, 1.165) is 12.1 Å². The van der Waals surface area contributed by atoms with Crippen LogP contribution >= 0.6 is 0 Å². The number of benzene rings is 3. The van der Waals surface area contributed by atoms with Crippen LogP contribution in [0.2, 0.25) is 0 Å². The number of carbonyl (C=O) groups is 1. The summed E-state index contributed by atoms with van der Waals surface area (Å²) in [5, 5.41) is 0. The summed E-state index contributed by atoms with van der Waals surface area (Å²) in [4.78, 5) is 21.5. The number of amides is 1. The smallest absolute Gasteiger partial charge is 0.416 e. The fourth-order valence-electron chi connectivity index (χ4n) is 4.41. The first-order valence-electron chi connectivity index (χ1n) is 11.6. The number of methoxy groups -OCH3 is 2. The maximum absolute atomic E-state index is 13.4. The molecule has 1 amide bonds. The number of fused-ring (bicyclic) bond motifs is 2. The Morgan fingerprint density at radius 3 is 2.35 bits per heavy atom. The van der Waals surface area contributed by atoms with E-state index in [1.54, 1.807) is 47.4 Å². The van der Waals surface area contributed by atoms with Gasteiger partial charge in [0.05, 0.1) is 30.9 Å². The van der Waals surface area contributed by atoms with Crippen molar-refractivity contribution in [3.05, 3.63) is 77.4 Å². The van der Waals surface area contributed by atoms with Gasteiger partial charge >= 0.3 is 6.18 Å². The molecule has 2 aliphatic heterocycles. The van der Waals surface area contributed by atoms with Gasteiger partial charge in [0.2, 0.25) is 0 Å². The van der Waals surface area contributed by atoms with Crippen molar-refractivity contribution in [1.29, 1.82) is 0 Å². The number of aliphatic imine (C=N–C) groups is 1. The Hall–Kier alpha value is -4.21. The third kappa shape index (κ3) is 4.78. The van der Waals surface area contributed by atoms with E-state index in [4.69, 9.17) is 14.2 Å². The minimum atomic E-state index is -4.52. The molecular formula is C27H24F3N3O4. The van der Waals surface area contributed by atoms with E-state index in [2.05, 4.69) is 4.99 Å². The number of para-hydroxylation sites is 1. The van der Waals surface area contributed by atoms with Crippen LogP contribution in [0.3, 0.4) is 0 Å². The predicted octanol–water partition coefficient (Wildman–Crippen LogP) is 5.36. The molecule has 0 atom stereocenters. The summed E-state index contributed by atoms with van der Waals surface area (Å²) in [5.41, 5.74) is 0.331. The number of carbonyl (C=O) groups excluding carboxylic acids is 1. The number of rotatable bonds is 3. The van der Waals surface area contributed by atoms with E-state index in [1.807, 2.05) is 4.90 Å². The minimum Gasteiger partial charge on any atom is -0.497 e. The molecule has 0 radical (unpaired) electrons. The fourth-order valence-corrected chi connectivity index (χ4v) is 4.41. The van der Waals surface area contributed by atoms with Gasteiger partial charge in [0.15, 0.2) is 5.75 Å². The standard InChI is InChI=1S/C27H24F3N3O4/c1-35-18-8-10-23-20(16-18)25(31-21-15-17(27(28,29)30)7-9-24(21)37-23)32-11-13-33(14-12-32)26(34)19-5-3-4-6-22(19)36-2/h3-10,15-16H,11-14H2,1-2H3. The first-order chi connectivity index (χ1) is 17.8. The summed E-state index contributed by atoms with van der Waals surface area (Å²) >= 11 is 0. The molecule has 192 valence electrons. The van der Waals surface area contributed by atoms with Gasteiger partial charge in [-0.25, -0.2) is 4.99 Å². The van der Waals surface area contributed by atoms with Crippen LogP contribution in [0.25, 0.3) is 0 Å². The van der Waals surface area contributed by atoms with Crippen molar-refractivity contribution in [2.45, 2.75) is 6.18 Å². The zero-order chi connectivity index (χ0) is 26.2. The molecule has 0 unspecified atom stereocenters. The van der Waals surface area contributed by atoms with Crippen molar-refractivity contribution in [3.8, 4) is 23.0 Å². The van der Waals surface area contributed by atoms with E-state index in [9.17, 15) is 18.0 Å². The molecule has 1 saturated heterocycles. The highest BCUT2D eigenvalue weighted by molar-refractivity contribution is 6.04. The van der Waals surface area contributed by atoms with Crippen LogP contribution in [-0.4, -0.2) is 61.9 Å². The summed E-state index contributed by atoms with van der Waals surface area (Å²) in [6.45, 7) is 1.63. The summed E-state index contributed by atoms with van der Waals surface area (Å²) in [5.74, 6) is 2.03. The molecule has 0 spiro atoms. The highest BCUT2D eigenvalue weighted by Gasteiger charge is 2.33. The number of piperazine rings is 1. The second-order valence-corrected chi connectivity index (χ2v) is 8.56. The first kappa shape index (κ1) is 24.5. The van der Waals surface area contributed by atoms with E-state index in [0.29, 0.717) is 60.4 Å². The predicted molar refractivity (Wildman–Crippen MR) is 131 cm³/mol. The molecule has 1 fully saturated rings. The highest BCUT2D eigenvalue weighted by atomic mass is 19.4. The largest absolute Gasteiger partial charge is 0.497 e. The lowest BCUT2D eigenvalue weighted by molar-refractivity contribution is -0.137. The normalized spacial score (nSPS) is 15.1. The maximum Gasteiger partial charge on any atom is 0.416 e. The first-order valence-corrected chi connectivity index (χ1v) is 11.6. The lowest BCUT2D eigenvalue weighted by Crippen LogP contribution is -2.50.